The van der Waals surface area contributed by atoms with Crippen LogP contribution in [0.15, 0.2) is 63.8 Å². The van der Waals surface area contributed by atoms with E-state index in [9.17, 15) is 19.8 Å². The van der Waals surface area contributed by atoms with Crippen molar-refractivity contribution in [3.05, 3.63) is 81.3 Å². The van der Waals surface area contributed by atoms with Crippen LogP contribution in [0.5, 0.6) is 5.75 Å². The zero-order valence-corrected chi connectivity index (χ0v) is 26.1. The number of piperidine rings is 1. The van der Waals surface area contributed by atoms with E-state index < -0.39 is 23.2 Å². The number of benzene rings is 2. The molecule has 6 rings (SSSR count). The molecule has 4 aromatic rings. The number of ether oxygens (including phenoxy) is 1. The van der Waals surface area contributed by atoms with Crippen LogP contribution in [0.3, 0.4) is 0 Å². The molecule has 1 saturated heterocycles. The largest absolute Gasteiger partial charge is 0.497 e. The van der Waals surface area contributed by atoms with Gasteiger partial charge < -0.3 is 25.6 Å². The second kappa shape index (κ2) is 11.7. The third-order valence-electron chi connectivity index (χ3n) is 8.48. The molecule has 0 bridgehead atoms. The Labute approximate surface area is 263 Å². The Hall–Kier alpha value is -3.71. The minimum Gasteiger partial charge on any atom is -0.497 e. The number of hydrogen-bond donors (Lipinski definition) is 4. The highest BCUT2D eigenvalue weighted by Crippen LogP contribution is 2.61. The molecule has 2 aromatic heterocycles. The highest BCUT2D eigenvalue weighted by atomic mass is 35.5. The molecule has 2 aliphatic rings. The number of carboxylic acid groups (broad SMARTS) is 1. The minimum absolute atomic E-state index is 0.0763. The van der Waals surface area contributed by atoms with Gasteiger partial charge in [-0.2, -0.15) is 0 Å². The van der Waals surface area contributed by atoms with E-state index in [0.29, 0.717) is 21.2 Å². The lowest BCUT2D eigenvalue weighted by Crippen LogP contribution is -2.47. The van der Waals surface area contributed by atoms with Gasteiger partial charge in [-0.25, -0.2) is 14.8 Å². The summed E-state index contributed by atoms with van der Waals surface area (Å²) in [5, 5.41) is 27.4. The molecular weight excluding hydrogens is 604 g/mol. The molecule has 2 atom stereocenters. The average molecular weight is 637 g/mol. The lowest BCUT2D eigenvalue weighted by Gasteiger charge is -2.43. The topological polar surface area (TPSA) is 151 Å². The summed E-state index contributed by atoms with van der Waals surface area (Å²) in [5.74, 6) is 0.483. The summed E-state index contributed by atoms with van der Waals surface area (Å²) in [7, 11) is 1.60. The van der Waals surface area contributed by atoms with Gasteiger partial charge in [-0.15, -0.1) is 0 Å². The van der Waals surface area contributed by atoms with Crippen molar-refractivity contribution in [2.24, 2.45) is 5.41 Å². The molecule has 11 nitrogen and oxygen atoms in total. The monoisotopic (exact) mass is 636 g/mol. The number of halogens is 1. The molecule has 13 heteroatoms. The van der Waals surface area contributed by atoms with Gasteiger partial charge in [-0.05, 0) is 75.2 Å². The van der Waals surface area contributed by atoms with Gasteiger partial charge >= 0.3 is 6.09 Å². The Balaban J connectivity index is 1.35. The lowest BCUT2D eigenvalue weighted by molar-refractivity contribution is 0.0603. The maximum absolute atomic E-state index is 13.2. The molecule has 230 valence electrons. The summed E-state index contributed by atoms with van der Waals surface area (Å²) in [4.78, 5) is 39.8. The lowest BCUT2D eigenvalue weighted by atomic mass is 9.66. The van der Waals surface area contributed by atoms with E-state index >= 15 is 0 Å². The summed E-state index contributed by atoms with van der Waals surface area (Å²) in [5.41, 5.74) is 1.25. The van der Waals surface area contributed by atoms with Gasteiger partial charge in [0.1, 0.15) is 10.8 Å². The summed E-state index contributed by atoms with van der Waals surface area (Å²) in [6.45, 7) is 4.83. The third kappa shape index (κ3) is 5.51. The van der Waals surface area contributed by atoms with Gasteiger partial charge in [-0.1, -0.05) is 29.4 Å². The van der Waals surface area contributed by atoms with Crippen molar-refractivity contribution in [3.63, 3.8) is 0 Å². The van der Waals surface area contributed by atoms with Crippen molar-refractivity contribution in [2.75, 3.05) is 20.2 Å². The van der Waals surface area contributed by atoms with E-state index in [0.717, 1.165) is 42.8 Å². The Kier molecular flexibility index (Phi) is 8.03. The van der Waals surface area contributed by atoms with E-state index in [1.807, 2.05) is 18.2 Å². The number of aliphatic hydroxyl groups is 1. The number of rotatable bonds is 7. The number of methoxy groups -OCH3 is 1. The molecule has 1 aliphatic carbocycles. The molecule has 1 spiro atoms. The van der Waals surface area contributed by atoms with Gasteiger partial charge in [-0.3, -0.25) is 14.3 Å². The zero-order valence-electron chi connectivity index (χ0n) is 24.5. The first kappa shape index (κ1) is 30.3. The van der Waals surface area contributed by atoms with Crippen LogP contribution >= 0.6 is 23.4 Å². The predicted molar refractivity (Wildman–Crippen MR) is 167 cm³/mol. The molecular formula is C31H33ClN6O5S. The average Bonchev–Trinajstić information content (AvgIpc) is 3.23. The van der Waals surface area contributed by atoms with E-state index in [1.165, 1.54) is 22.7 Å². The summed E-state index contributed by atoms with van der Waals surface area (Å²) in [6.07, 6.45) is 5.29. The highest BCUT2D eigenvalue weighted by Gasteiger charge is 2.55. The molecule has 3 heterocycles. The maximum Gasteiger partial charge on any atom is 0.405 e. The number of fused-ring (bicyclic) bond motifs is 2. The Morgan fingerprint density at radius 1 is 1.18 bits per heavy atom. The first-order valence-electron chi connectivity index (χ1n) is 14.3. The van der Waals surface area contributed by atoms with Crippen LogP contribution in [0.4, 0.5) is 4.79 Å². The van der Waals surface area contributed by atoms with Crippen LogP contribution in [-0.4, -0.2) is 61.6 Å². The number of amides is 1. The molecule has 1 aliphatic heterocycles. The van der Waals surface area contributed by atoms with Crippen molar-refractivity contribution >= 4 is 40.4 Å². The standard InChI is InChI=1S/C31H33ClN6O5S/c1-30(2,42)15-38-16-36-20-6-7-22(26(32)24(20)28(38)39)44-23-14-34-21(13-35-23)25-18-5-4-17(43-3)12-19(18)27(37-29(40)41)31(25)8-10-33-11-9-31/h4-7,12-14,16,25,27,33,37,42H,8-11,15H2,1-3H3,(H,40,41). The smallest absolute Gasteiger partial charge is 0.405 e. The Morgan fingerprint density at radius 3 is 2.61 bits per heavy atom. The quantitative estimate of drug-likeness (QED) is 0.227. The van der Waals surface area contributed by atoms with E-state index in [1.54, 1.807) is 45.5 Å². The number of aromatic nitrogens is 4. The first-order chi connectivity index (χ1) is 21.0. The second-order valence-electron chi connectivity index (χ2n) is 11.9. The molecule has 0 saturated carbocycles. The van der Waals surface area contributed by atoms with E-state index in [2.05, 4.69) is 15.6 Å². The van der Waals surface area contributed by atoms with Crippen molar-refractivity contribution in [1.29, 1.82) is 0 Å². The van der Waals surface area contributed by atoms with Crippen LogP contribution in [0.1, 0.15) is 55.5 Å². The molecule has 1 amide bonds. The van der Waals surface area contributed by atoms with E-state index in [4.69, 9.17) is 26.3 Å². The molecule has 1 fully saturated rings. The number of nitrogens with zero attached hydrogens (tertiary/aromatic N) is 4. The van der Waals surface area contributed by atoms with Gasteiger partial charge in [0.15, 0.2) is 0 Å². The first-order valence-corrected chi connectivity index (χ1v) is 15.5. The van der Waals surface area contributed by atoms with Gasteiger partial charge in [0, 0.05) is 16.2 Å². The van der Waals surface area contributed by atoms with E-state index in [-0.39, 0.29) is 28.4 Å². The van der Waals surface area contributed by atoms with Crippen LogP contribution in [-0.2, 0) is 6.54 Å². The number of nitrogens with one attached hydrogen (secondary N) is 2. The summed E-state index contributed by atoms with van der Waals surface area (Å²) in [6, 6.07) is 8.92. The normalized spacial score (nSPS) is 19.2. The SMILES string of the molecule is COc1ccc2c(c1)C(NC(=O)O)C1(CCNCC1)C2c1cnc(Sc2ccc3ncn(CC(C)(C)O)c(=O)c3c2Cl)cn1. The van der Waals surface area contributed by atoms with Crippen LogP contribution < -0.4 is 20.9 Å². The van der Waals surface area contributed by atoms with Crippen LogP contribution in [0.2, 0.25) is 5.02 Å². The van der Waals surface area contributed by atoms with Crippen molar-refractivity contribution in [2.45, 2.75) is 60.7 Å². The van der Waals surface area contributed by atoms with Crippen molar-refractivity contribution in [3.8, 4) is 5.75 Å². The Morgan fingerprint density at radius 2 is 1.95 bits per heavy atom. The highest BCUT2D eigenvalue weighted by molar-refractivity contribution is 7.99. The summed E-state index contributed by atoms with van der Waals surface area (Å²) >= 11 is 8.04. The molecule has 4 N–H and O–H groups in total. The van der Waals surface area contributed by atoms with Crippen molar-refractivity contribution < 1.29 is 19.7 Å². The Bertz CT molecular complexity index is 1790. The zero-order chi connectivity index (χ0) is 31.2. The summed E-state index contributed by atoms with van der Waals surface area (Å²) < 4.78 is 6.84. The second-order valence-corrected chi connectivity index (χ2v) is 13.4. The fourth-order valence-corrected chi connectivity index (χ4v) is 7.80. The maximum atomic E-state index is 13.2. The molecule has 0 radical (unpaired) electrons. The molecule has 2 unspecified atom stereocenters. The number of carbonyl (C=O) groups is 1. The number of hydrogen-bond acceptors (Lipinski definition) is 9. The van der Waals surface area contributed by atoms with Gasteiger partial charge in [0.2, 0.25) is 0 Å². The van der Waals surface area contributed by atoms with Crippen molar-refractivity contribution in [1.82, 2.24) is 30.2 Å². The fraction of sp³-hybridized carbons (Fsp3) is 0.387. The predicted octanol–water partition coefficient (Wildman–Crippen LogP) is 4.59. The third-order valence-corrected chi connectivity index (χ3v) is 9.96. The molecule has 2 aromatic carbocycles. The fourth-order valence-electron chi connectivity index (χ4n) is 6.68. The van der Waals surface area contributed by atoms with Gasteiger partial charge in [0.25, 0.3) is 5.56 Å². The van der Waals surface area contributed by atoms with Crippen LogP contribution in [0, 0.1) is 5.41 Å². The van der Waals surface area contributed by atoms with Gasteiger partial charge in [0.05, 0.1) is 65.6 Å². The molecule has 44 heavy (non-hydrogen) atoms. The van der Waals surface area contributed by atoms with Crippen LogP contribution in [0.25, 0.3) is 10.9 Å². The minimum atomic E-state index is -1.10.